The maximum absolute atomic E-state index is 13.3. The molecule has 1 aromatic rings. The molecule has 11 nitrogen and oxygen atoms in total. The summed E-state index contributed by atoms with van der Waals surface area (Å²) in [6.07, 6.45) is -3.57. The Balaban J connectivity index is 2.08. The van der Waals surface area contributed by atoms with Crippen LogP contribution in [0.4, 0.5) is 0 Å². The lowest BCUT2D eigenvalue weighted by Gasteiger charge is -2.47. The summed E-state index contributed by atoms with van der Waals surface area (Å²) in [5.41, 5.74) is 5.14. The van der Waals surface area contributed by atoms with Gasteiger partial charge >= 0.3 is 17.9 Å². The van der Waals surface area contributed by atoms with E-state index in [9.17, 15) is 24.0 Å². The third kappa shape index (κ3) is 5.40. The molecule has 34 heavy (non-hydrogen) atoms. The Kier molecular flexibility index (Phi) is 8.28. The molecule has 0 bridgehead atoms. The summed E-state index contributed by atoms with van der Waals surface area (Å²) >= 11 is 1.20. The second-order valence-electron chi connectivity index (χ2n) is 7.67. The first-order chi connectivity index (χ1) is 16.1. The topological polar surface area (TPSA) is 152 Å². The molecular weight excluding hydrogens is 468 g/mol. The molecule has 2 amide bonds. The van der Waals surface area contributed by atoms with Gasteiger partial charge in [0.2, 0.25) is 0 Å². The van der Waals surface area contributed by atoms with Crippen molar-refractivity contribution >= 4 is 41.5 Å². The zero-order valence-corrected chi connectivity index (χ0v) is 19.7. The zero-order chi connectivity index (χ0) is 25.0. The molecule has 5 atom stereocenters. The van der Waals surface area contributed by atoms with Crippen LogP contribution in [0.25, 0.3) is 0 Å². The molecule has 184 valence electrons. The van der Waals surface area contributed by atoms with Gasteiger partial charge in [0.25, 0.3) is 11.8 Å². The van der Waals surface area contributed by atoms with Crippen LogP contribution in [0, 0.1) is 0 Å². The number of nitrogens with two attached hydrogens (primary N) is 1. The predicted molar refractivity (Wildman–Crippen MR) is 119 cm³/mol. The van der Waals surface area contributed by atoms with E-state index >= 15 is 0 Å². The molecule has 1 aromatic carbocycles. The highest BCUT2D eigenvalue weighted by Gasteiger charge is 2.56. The lowest BCUT2D eigenvalue weighted by Crippen LogP contribution is -2.66. The first-order valence-corrected chi connectivity index (χ1v) is 11.6. The van der Waals surface area contributed by atoms with Crippen molar-refractivity contribution in [3.05, 3.63) is 35.4 Å². The van der Waals surface area contributed by atoms with Gasteiger partial charge in [-0.2, -0.15) is 0 Å². The Morgan fingerprint density at radius 2 is 1.53 bits per heavy atom. The van der Waals surface area contributed by atoms with Crippen LogP contribution in [0.1, 0.15) is 41.5 Å². The Morgan fingerprint density at radius 1 is 0.971 bits per heavy atom. The van der Waals surface area contributed by atoms with Gasteiger partial charge in [0.1, 0.15) is 24.2 Å². The third-order valence-corrected chi connectivity index (χ3v) is 6.38. The molecule has 3 rings (SSSR count). The van der Waals surface area contributed by atoms with E-state index in [0.717, 1.165) is 18.7 Å². The van der Waals surface area contributed by atoms with Crippen molar-refractivity contribution in [2.24, 2.45) is 5.73 Å². The monoisotopic (exact) mass is 494 g/mol. The SMILES string of the molecule is CC(=O)OC[C@H]1O[C@@H](SCCN)[C@H](N2C(=O)c3ccccc3C2=O)[C@@H](OC(C)=O)[C@@H]1OC(C)=O. The van der Waals surface area contributed by atoms with E-state index in [0.29, 0.717) is 5.75 Å². The standard InChI is InChI=1S/C22H26N2O9S/c1-11(25)30-10-16-18(31-12(2)26)19(32-13(3)27)17(22(33-16)34-9-8-23)24-20(28)14-6-4-5-7-15(14)21(24)29/h4-7,16-19,22H,8-10,23H2,1-3H3/t16-,17-,18-,19-,22+/m1/s1. The van der Waals surface area contributed by atoms with E-state index < -0.39 is 59.5 Å². The number of carbonyl (C=O) groups excluding carboxylic acids is 5. The molecular formula is C22H26N2O9S. The summed E-state index contributed by atoms with van der Waals surface area (Å²) in [5, 5.41) is 0. The molecule has 12 heteroatoms. The lowest BCUT2D eigenvalue weighted by molar-refractivity contribution is -0.216. The number of hydrogen-bond donors (Lipinski definition) is 1. The van der Waals surface area contributed by atoms with Crippen LogP contribution in [0.5, 0.6) is 0 Å². The van der Waals surface area contributed by atoms with E-state index in [1.807, 2.05) is 0 Å². The summed E-state index contributed by atoms with van der Waals surface area (Å²) in [7, 11) is 0. The average Bonchev–Trinajstić information content (AvgIpc) is 3.02. The number of carbonyl (C=O) groups is 5. The van der Waals surface area contributed by atoms with Crippen molar-refractivity contribution < 1.29 is 42.9 Å². The van der Waals surface area contributed by atoms with Crippen molar-refractivity contribution in [1.82, 2.24) is 4.90 Å². The van der Waals surface area contributed by atoms with Crippen molar-refractivity contribution in [2.75, 3.05) is 18.9 Å². The third-order valence-electron chi connectivity index (χ3n) is 5.19. The Labute approximate surface area is 200 Å². The van der Waals surface area contributed by atoms with Gasteiger partial charge in [-0.25, -0.2) is 0 Å². The van der Waals surface area contributed by atoms with E-state index in [-0.39, 0.29) is 24.3 Å². The van der Waals surface area contributed by atoms with Crippen LogP contribution in [-0.2, 0) is 33.3 Å². The fourth-order valence-electron chi connectivity index (χ4n) is 3.96. The van der Waals surface area contributed by atoms with Gasteiger partial charge in [-0.3, -0.25) is 28.9 Å². The van der Waals surface area contributed by atoms with Gasteiger partial charge < -0.3 is 24.7 Å². The summed E-state index contributed by atoms with van der Waals surface area (Å²) < 4.78 is 22.1. The minimum Gasteiger partial charge on any atom is -0.463 e. The maximum atomic E-state index is 13.3. The number of ether oxygens (including phenoxy) is 4. The summed E-state index contributed by atoms with van der Waals surface area (Å²) in [4.78, 5) is 63.0. The number of esters is 3. The minimum atomic E-state index is -1.28. The van der Waals surface area contributed by atoms with Crippen LogP contribution in [0.2, 0.25) is 0 Å². The second-order valence-corrected chi connectivity index (χ2v) is 8.88. The number of thioether (sulfide) groups is 1. The largest absolute Gasteiger partial charge is 0.463 e. The normalized spacial score (nSPS) is 26.1. The molecule has 2 aliphatic rings. The van der Waals surface area contributed by atoms with Gasteiger partial charge in [-0.1, -0.05) is 12.1 Å². The second kappa shape index (κ2) is 11.0. The van der Waals surface area contributed by atoms with E-state index in [1.165, 1.54) is 30.8 Å². The highest BCUT2D eigenvalue weighted by Crippen LogP contribution is 2.38. The van der Waals surface area contributed by atoms with Gasteiger partial charge in [0, 0.05) is 33.1 Å². The Bertz CT molecular complexity index is 950. The number of hydrogen-bond acceptors (Lipinski definition) is 11. The first kappa shape index (κ1) is 25.7. The number of amides is 2. The van der Waals surface area contributed by atoms with Crippen LogP contribution in [0.15, 0.2) is 24.3 Å². The van der Waals surface area contributed by atoms with E-state index in [4.69, 9.17) is 24.7 Å². The average molecular weight is 495 g/mol. The van der Waals surface area contributed by atoms with Crippen molar-refractivity contribution in [2.45, 2.75) is 50.6 Å². The molecule has 0 spiro atoms. The van der Waals surface area contributed by atoms with Crippen molar-refractivity contribution in [3.8, 4) is 0 Å². The van der Waals surface area contributed by atoms with Gasteiger partial charge in [0.15, 0.2) is 12.2 Å². The van der Waals surface area contributed by atoms with Gasteiger partial charge in [0.05, 0.1) is 11.1 Å². The predicted octanol–water partition coefficient (Wildman–Crippen LogP) is 0.495. The minimum absolute atomic E-state index is 0.197. The molecule has 0 radical (unpaired) electrons. The molecule has 2 heterocycles. The highest BCUT2D eigenvalue weighted by atomic mass is 32.2. The molecule has 1 saturated heterocycles. The first-order valence-electron chi connectivity index (χ1n) is 10.6. The molecule has 0 saturated carbocycles. The quantitative estimate of drug-likeness (QED) is 0.305. The molecule has 2 aliphatic heterocycles. The molecule has 0 unspecified atom stereocenters. The van der Waals surface area contributed by atoms with Crippen molar-refractivity contribution in [3.63, 3.8) is 0 Å². The van der Waals surface area contributed by atoms with Gasteiger partial charge in [-0.15, -0.1) is 11.8 Å². The fraction of sp³-hybridized carbons (Fsp3) is 0.500. The summed E-state index contributed by atoms with van der Waals surface area (Å²) in [6, 6.07) is 5.16. The maximum Gasteiger partial charge on any atom is 0.303 e. The summed E-state index contributed by atoms with van der Waals surface area (Å²) in [5.74, 6) is -2.83. The molecule has 2 N–H and O–H groups in total. The Hall–Kier alpha value is -2.96. The molecule has 0 aromatic heterocycles. The van der Waals surface area contributed by atoms with Gasteiger partial charge in [-0.05, 0) is 12.1 Å². The van der Waals surface area contributed by atoms with Crippen LogP contribution in [-0.4, -0.2) is 83.3 Å². The molecule has 0 aliphatic carbocycles. The van der Waals surface area contributed by atoms with E-state index in [1.54, 1.807) is 12.1 Å². The number of nitrogens with zero attached hydrogens (tertiary/aromatic N) is 1. The smallest absolute Gasteiger partial charge is 0.303 e. The van der Waals surface area contributed by atoms with Crippen molar-refractivity contribution in [1.29, 1.82) is 0 Å². The zero-order valence-electron chi connectivity index (χ0n) is 18.9. The number of fused-ring (bicyclic) bond motifs is 1. The fourth-order valence-corrected chi connectivity index (χ4v) is 5.02. The number of benzene rings is 1. The van der Waals surface area contributed by atoms with E-state index in [2.05, 4.69) is 0 Å². The van der Waals surface area contributed by atoms with Crippen LogP contribution < -0.4 is 5.73 Å². The summed E-state index contributed by atoms with van der Waals surface area (Å²) in [6.45, 7) is 3.47. The Morgan fingerprint density at radius 3 is 2.03 bits per heavy atom. The number of imide groups is 1. The number of rotatable bonds is 8. The van der Waals surface area contributed by atoms with Crippen LogP contribution in [0.3, 0.4) is 0 Å². The lowest BCUT2D eigenvalue weighted by atomic mass is 9.96. The van der Waals surface area contributed by atoms with Crippen LogP contribution >= 0.6 is 11.8 Å². The molecule has 1 fully saturated rings. The highest BCUT2D eigenvalue weighted by molar-refractivity contribution is 7.99.